The minimum absolute atomic E-state index is 0.132. The number of aromatic nitrogens is 1. The fourth-order valence-corrected chi connectivity index (χ4v) is 3.12. The second-order valence-electron chi connectivity index (χ2n) is 5.85. The standard InChI is InChI=1S/C21H21NO2/c1-15(17-10-6-4-7-11-17)22-14-19(18-12-8-5-9-13-18)20(16(22)2)21(23)24-3/h4-15H,1-3H3/t15-/m1/s1. The molecule has 0 unspecified atom stereocenters. The van der Waals surface area contributed by atoms with Gasteiger partial charge in [0.1, 0.15) is 0 Å². The molecule has 0 aliphatic carbocycles. The lowest BCUT2D eigenvalue weighted by Gasteiger charge is -2.16. The molecule has 0 saturated carbocycles. The van der Waals surface area contributed by atoms with Gasteiger partial charge in [0.2, 0.25) is 0 Å². The summed E-state index contributed by atoms with van der Waals surface area (Å²) in [5.74, 6) is -0.301. The van der Waals surface area contributed by atoms with Crippen molar-refractivity contribution in [3.8, 4) is 11.1 Å². The summed E-state index contributed by atoms with van der Waals surface area (Å²) in [5.41, 5.74) is 4.66. The van der Waals surface area contributed by atoms with Crippen LogP contribution in [0.3, 0.4) is 0 Å². The molecule has 24 heavy (non-hydrogen) atoms. The molecule has 0 N–H and O–H groups in total. The van der Waals surface area contributed by atoms with Gasteiger partial charge in [-0.2, -0.15) is 0 Å². The molecule has 0 fully saturated rings. The lowest BCUT2D eigenvalue weighted by atomic mass is 10.0. The fraction of sp³-hybridized carbons (Fsp3) is 0.190. The molecular formula is C21H21NO2. The zero-order chi connectivity index (χ0) is 17.1. The highest BCUT2D eigenvalue weighted by Crippen LogP contribution is 2.32. The van der Waals surface area contributed by atoms with Gasteiger partial charge in [0, 0.05) is 17.5 Å². The summed E-state index contributed by atoms with van der Waals surface area (Å²) in [7, 11) is 1.43. The van der Waals surface area contributed by atoms with Gasteiger partial charge in [0.15, 0.2) is 0 Å². The molecule has 2 aromatic carbocycles. The van der Waals surface area contributed by atoms with Crippen molar-refractivity contribution in [3.63, 3.8) is 0 Å². The number of carbonyl (C=O) groups excluding carboxylic acids is 1. The molecule has 3 heteroatoms. The first-order valence-electron chi connectivity index (χ1n) is 8.03. The van der Waals surface area contributed by atoms with Crippen LogP contribution in [0.4, 0.5) is 0 Å². The van der Waals surface area contributed by atoms with Crippen LogP contribution in [0.1, 0.15) is 34.6 Å². The van der Waals surface area contributed by atoms with E-state index in [2.05, 4.69) is 29.8 Å². The van der Waals surface area contributed by atoms with Gasteiger partial charge in [-0.25, -0.2) is 4.79 Å². The van der Waals surface area contributed by atoms with Crippen LogP contribution in [0.25, 0.3) is 11.1 Å². The van der Waals surface area contributed by atoms with Gasteiger partial charge in [-0.05, 0) is 25.0 Å². The minimum atomic E-state index is -0.301. The number of hydrogen-bond acceptors (Lipinski definition) is 2. The lowest BCUT2D eigenvalue weighted by molar-refractivity contribution is 0.0600. The summed E-state index contributed by atoms with van der Waals surface area (Å²) in [6, 6.07) is 20.4. The summed E-state index contributed by atoms with van der Waals surface area (Å²) in [4.78, 5) is 12.4. The Hall–Kier alpha value is -2.81. The first kappa shape index (κ1) is 16.1. The normalized spacial score (nSPS) is 12.0. The summed E-state index contributed by atoms with van der Waals surface area (Å²) in [6.45, 7) is 4.11. The van der Waals surface area contributed by atoms with E-state index in [0.29, 0.717) is 5.56 Å². The number of rotatable bonds is 4. The van der Waals surface area contributed by atoms with E-state index in [1.54, 1.807) is 0 Å². The molecule has 3 aromatic rings. The smallest absolute Gasteiger partial charge is 0.340 e. The fourth-order valence-electron chi connectivity index (χ4n) is 3.12. The maximum Gasteiger partial charge on any atom is 0.340 e. The van der Waals surface area contributed by atoms with Crippen molar-refractivity contribution in [1.29, 1.82) is 0 Å². The average Bonchev–Trinajstić information content (AvgIpc) is 2.99. The second kappa shape index (κ2) is 6.75. The average molecular weight is 319 g/mol. The molecule has 1 aromatic heterocycles. The second-order valence-corrected chi connectivity index (χ2v) is 5.85. The molecule has 3 nitrogen and oxygen atoms in total. The SMILES string of the molecule is COC(=O)c1c(-c2ccccc2)cn([C@H](C)c2ccccc2)c1C. The summed E-state index contributed by atoms with van der Waals surface area (Å²) in [6.07, 6.45) is 2.05. The Balaban J connectivity index is 2.15. The van der Waals surface area contributed by atoms with Crippen LogP contribution in [0.5, 0.6) is 0 Å². The third-order valence-corrected chi connectivity index (χ3v) is 4.46. The van der Waals surface area contributed by atoms with Crippen LogP contribution in [-0.2, 0) is 4.74 Å². The third kappa shape index (κ3) is 2.85. The van der Waals surface area contributed by atoms with Crippen LogP contribution >= 0.6 is 0 Å². The van der Waals surface area contributed by atoms with Crippen LogP contribution in [0, 0.1) is 6.92 Å². The Labute approximate surface area is 142 Å². The Morgan fingerprint density at radius 2 is 1.58 bits per heavy atom. The quantitative estimate of drug-likeness (QED) is 0.643. The first-order chi connectivity index (χ1) is 11.6. The molecule has 0 spiro atoms. The largest absolute Gasteiger partial charge is 0.465 e. The molecule has 0 radical (unpaired) electrons. The summed E-state index contributed by atoms with van der Waals surface area (Å²) >= 11 is 0. The van der Waals surface area contributed by atoms with Gasteiger partial charge in [-0.1, -0.05) is 60.7 Å². The van der Waals surface area contributed by atoms with Gasteiger partial charge in [-0.3, -0.25) is 0 Å². The molecule has 122 valence electrons. The van der Waals surface area contributed by atoms with Gasteiger partial charge in [-0.15, -0.1) is 0 Å². The van der Waals surface area contributed by atoms with E-state index in [-0.39, 0.29) is 12.0 Å². The monoisotopic (exact) mass is 319 g/mol. The Morgan fingerprint density at radius 1 is 1.00 bits per heavy atom. The van der Waals surface area contributed by atoms with E-state index in [9.17, 15) is 4.79 Å². The van der Waals surface area contributed by atoms with Gasteiger partial charge in [0.25, 0.3) is 0 Å². The minimum Gasteiger partial charge on any atom is -0.465 e. The number of esters is 1. The predicted molar refractivity (Wildman–Crippen MR) is 96.2 cm³/mol. The molecule has 0 aliphatic rings. The first-order valence-corrected chi connectivity index (χ1v) is 8.03. The van der Waals surface area contributed by atoms with E-state index in [0.717, 1.165) is 16.8 Å². The zero-order valence-corrected chi connectivity index (χ0v) is 14.2. The zero-order valence-electron chi connectivity index (χ0n) is 14.2. The van der Waals surface area contributed by atoms with Crippen LogP contribution in [0.15, 0.2) is 66.9 Å². The summed E-state index contributed by atoms with van der Waals surface area (Å²) in [5, 5.41) is 0. The van der Waals surface area contributed by atoms with Crippen molar-refractivity contribution >= 4 is 5.97 Å². The van der Waals surface area contributed by atoms with E-state index >= 15 is 0 Å². The van der Waals surface area contributed by atoms with E-state index in [1.165, 1.54) is 12.7 Å². The van der Waals surface area contributed by atoms with Crippen molar-refractivity contribution in [2.45, 2.75) is 19.9 Å². The number of benzene rings is 2. The topological polar surface area (TPSA) is 31.2 Å². The van der Waals surface area contributed by atoms with Gasteiger partial charge < -0.3 is 9.30 Å². The molecular weight excluding hydrogens is 298 g/mol. The molecule has 1 atom stereocenters. The third-order valence-electron chi connectivity index (χ3n) is 4.46. The molecule has 0 amide bonds. The van der Waals surface area contributed by atoms with E-state index < -0.39 is 0 Å². The van der Waals surface area contributed by atoms with Crippen molar-refractivity contribution in [2.75, 3.05) is 7.11 Å². The molecule has 0 bridgehead atoms. The highest BCUT2D eigenvalue weighted by molar-refractivity contribution is 5.98. The van der Waals surface area contributed by atoms with Crippen molar-refractivity contribution in [2.24, 2.45) is 0 Å². The van der Waals surface area contributed by atoms with Gasteiger partial charge in [0.05, 0.1) is 18.7 Å². The van der Waals surface area contributed by atoms with Crippen molar-refractivity contribution in [1.82, 2.24) is 4.57 Å². The number of hydrogen-bond donors (Lipinski definition) is 0. The molecule has 3 rings (SSSR count). The maximum atomic E-state index is 12.4. The number of nitrogens with zero attached hydrogens (tertiary/aromatic N) is 1. The summed E-state index contributed by atoms with van der Waals surface area (Å²) < 4.78 is 7.17. The van der Waals surface area contributed by atoms with Crippen molar-refractivity contribution < 1.29 is 9.53 Å². The predicted octanol–water partition coefficient (Wildman–Crippen LogP) is 4.86. The lowest BCUT2D eigenvalue weighted by Crippen LogP contribution is -2.10. The Morgan fingerprint density at radius 3 is 2.17 bits per heavy atom. The maximum absolute atomic E-state index is 12.4. The van der Waals surface area contributed by atoms with Crippen LogP contribution in [0.2, 0.25) is 0 Å². The number of ether oxygens (including phenoxy) is 1. The molecule has 0 aliphatic heterocycles. The van der Waals surface area contributed by atoms with Crippen LogP contribution in [-0.4, -0.2) is 17.6 Å². The Kier molecular flexibility index (Phi) is 4.52. The molecule has 0 saturated heterocycles. The highest BCUT2D eigenvalue weighted by atomic mass is 16.5. The van der Waals surface area contributed by atoms with E-state index in [1.807, 2.05) is 55.5 Å². The number of carbonyl (C=O) groups is 1. The Bertz CT molecular complexity index is 835. The number of methoxy groups -OCH3 is 1. The van der Waals surface area contributed by atoms with E-state index in [4.69, 9.17) is 4.74 Å². The van der Waals surface area contributed by atoms with Crippen LogP contribution < -0.4 is 0 Å². The highest BCUT2D eigenvalue weighted by Gasteiger charge is 2.23. The van der Waals surface area contributed by atoms with Gasteiger partial charge >= 0.3 is 5.97 Å². The molecule has 1 heterocycles. The van der Waals surface area contributed by atoms with Crippen molar-refractivity contribution in [3.05, 3.63) is 83.7 Å².